The molecule has 0 aliphatic heterocycles. The Morgan fingerprint density at radius 2 is 1.62 bits per heavy atom. The van der Waals surface area contributed by atoms with Gasteiger partial charge in [0.2, 0.25) is 0 Å². The molecule has 0 aliphatic carbocycles. The first-order chi connectivity index (χ1) is 11.1. The maximum absolute atomic E-state index is 6.04. The van der Waals surface area contributed by atoms with E-state index in [1.807, 2.05) is 42.5 Å². The molecule has 24 heavy (non-hydrogen) atoms. The number of benzene rings is 2. The Hall–Kier alpha value is -1.45. The standard InChI is InChI=1S/C19H17Cl2NO.ClH/c1-13(14-5-3-2-4-6-14)22-12-18-7-8-19(23-18)15-9-16(20)11-17(21)10-15;/h2-11,13,22H,12H2,1H3;1H. The zero-order valence-electron chi connectivity index (χ0n) is 13.1. The molecule has 0 spiro atoms. The molecule has 0 saturated carbocycles. The second-order valence-corrected chi connectivity index (χ2v) is 6.31. The predicted octanol–water partition coefficient (Wildman–Crippen LogP) is 6.53. The Kier molecular flexibility index (Phi) is 6.76. The van der Waals surface area contributed by atoms with E-state index >= 15 is 0 Å². The zero-order chi connectivity index (χ0) is 16.2. The molecule has 0 fully saturated rings. The molecule has 0 saturated heterocycles. The molecule has 2 nitrogen and oxygen atoms in total. The van der Waals surface area contributed by atoms with Crippen LogP contribution in [0.1, 0.15) is 24.3 Å². The third-order valence-corrected chi connectivity index (χ3v) is 4.13. The molecule has 0 radical (unpaired) electrons. The van der Waals surface area contributed by atoms with Crippen molar-refractivity contribution in [2.75, 3.05) is 0 Å². The van der Waals surface area contributed by atoms with Crippen LogP contribution in [0, 0.1) is 0 Å². The first-order valence-corrected chi connectivity index (χ1v) is 8.21. The number of hydrogen-bond acceptors (Lipinski definition) is 2. The minimum atomic E-state index is 0. The van der Waals surface area contributed by atoms with Gasteiger partial charge in [0.25, 0.3) is 0 Å². The van der Waals surface area contributed by atoms with E-state index in [9.17, 15) is 0 Å². The van der Waals surface area contributed by atoms with Crippen LogP contribution in [0.25, 0.3) is 11.3 Å². The summed E-state index contributed by atoms with van der Waals surface area (Å²) in [5.41, 5.74) is 2.13. The van der Waals surface area contributed by atoms with Crippen LogP contribution in [0.5, 0.6) is 0 Å². The summed E-state index contributed by atoms with van der Waals surface area (Å²) in [5.74, 6) is 1.64. The lowest BCUT2D eigenvalue weighted by atomic mass is 10.1. The van der Waals surface area contributed by atoms with E-state index in [-0.39, 0.29) is 18.4 Å². The van der Waals surface area contributed by atoms with E-state index in [1.54, 1.807) is 6.07 Å². The summed E-state index contributed by atoms with van der Waals surface area (Å²) in [6, 6.07) is 19.9. The van der Waals surface area contributed by atoms with Gasteiger partial charge in [-0.1, -0.05) is 53.5 Å². The summed E-state index contributed by atoms with van der Waals surface area (Å²) in [7, 11) is 0. The summed E-state index contributed by atoms with van der Waals surface area (Å²) in [5, 5.41) is 4.65. The van der Waals surface area contributed by atoms with Crippen LogP contribution in [-0.2, 0) is 6.54 Å². The second-order valence-electron chi connectivity index (χ2n) is 5.44. The average molecular weight is 383 g/mol. The van der Waals surface area contributed by atoms with Gasteiger partial charge >= 0.3 is 0 Å². The molecule has 1 unspecified atom stereocenters. The first kappa shape index (κ1) is 18.9. The average Bonchev–Trinajstić information content (AvgIpc) is 3.01. The van der Waals surface area contributed by atoms with Crippen molar-refractivity contribution in [2.45, 2.75) is 19.5 Å². The van der Waals surface area contributed by atoms with E-state index in [0.717, 1.165) is 17.1 Å². The summed E-state index contributed by atoms with van der Waals surface area (Å²) in [4.78, 5) is 0. The second kappa shape index (κ2) is 8.59. The Balaban J connectivity index is 0.00000208. The van der Waals surface area contributed by atoms with Crippen molar-refractivity contribution in [2.24, 2.45) is 0 Å². The van der Waals surface area contributed by atoms with Crippen molar-refractivity contribution in [1.82, 2.24) is 5.32 Å². The van der Waals surface area contributed by atoms with Crippen LogP contribution < -0.4 is 5.32 Å². The van der Waals surface area contributed by atoms with Crippen LogP contribution in [0.3, 0.4) is 0 Å². The van der Waals surface area contributed by atoms with Crippen LogP contribution in [0.4, 0.5) is 0 Å². The fourth-order valence-corrected chi connectivity index (χ4v) is 2.96. The van der Waals surface area contributed by atoms with Gasteiger partial charge < -0.3 is 9.73 Å². The summed E-state index contributed by atoms with van der Waals surface area (Å²) in [6.45, 7) is 2.79. The van der Waals surface area contributed by atoms with Gasteiger partial charge in [0, 0.05) is 21.7 Å². The van der Waals surface area contributed by atoms with Crippen LogP contribution in [0.2, 0.25) is 10.0 Å². The first-order valence-electron chi connectivity index (χ1n) is 7.45. The van der Waals surface area contributed by atoms with Crippen molar-refractivity contribution >= 4 is 35.6 Å². The molecule has 3 aromatic rings. The third kappa shape index (κ3) is 4.78. The summed E-state index contributed by atoms with van der Waals surface area (Å²) in [6.07, 6.45) is 0. The Labute approximate surface area is 158 Å². The minimum Gasteiger partial charge on any atom is -0.460 e. The maximum atomic E-state index is 6.04. The highest BCUT2D eigenvalue weighted by atomic mass is 35.5. The van der Waals surface area contributed by atoms with Gasteiger partial charge in [0.1, 0.15) is 11.5 Å². The lowest BCUT2D eigenvalue weighted by Gasteiger charge is -2.12. The molecule has 1 aromatic heterocycles. The van der Waals surface area contributed by atoms with Crippen LogP contribution in [0.15, 0.2) is 65.1 Å². The lowest BCUT2D eigenvalue weighted by Crippen LogP contribution is -2.17. The quantitative estimate of drug-likeness (QED) is 0.543. The smallest absolute Gasteiger partial charge is 0.134 e. The highest BCUT2D eigenvalue weighted by Crippen LogP contribution is 2.28. The number of hydrogen-bond donors (Lipinski definition) is 1. The highest BCUT2D eigenvalue weighted by molar-refractivity contribution is 6.35. The minimum absolute atomic E-state index is 0. The normalized spacial score (nSPS) is 11.8. The number of rotatable bonds is 5. The fourth-order valence-electron chi connectivity index (χ4n) is 2.44. The molecule has 3 rings (SSSR count). The van der Waals surface area contributed by atoms with Gasteiger partial charge in [-0.15, -0.1) is 12.4 Å². The molecular weight excluding hydrogens is 365 g/mol. The van der Waals surface area contributed by atoms with Crippen LogP contribution in [-0.4, -0.2) is 0 Å². The fraction of sp³-hybridized carbons (Fsp3) is 0.158. The molecule has 1 heterocycles. The Morgan fingerprint density at radius 3 is 2.29 bits per heavy atom. The maximum Gasteiger partial charge on any atom is 0.134 e. The zero-order valence-corrected chi connectivity index (χ0v) is 15.5. The number of halogens is 3. The third-order valence-electron chi connectivity index (χ3n) is 3.69. The van der Waals surface area contributed by atoms with E-state index in [2.05, 4.69) is 24.4 Å². The molecule has 1 N–H and O–H groups in total. The van der Waals surface area contributed by atoms with Crippen molar-refractivity contribution in [3.8, 4) is 11.3 Å². The molecular formula is C19H18Cl3NO. The van der Waals surface area contributed by atoms with Gasteiger partial charge in [-0.2, -0.15) is 0 Å². The molecule has 2 aromatic carbocycles. The Bertz CT molecular complexity index is 766. The SMILES string of the molecule is CC(NCc1ccc(-c2cc(Cl)cc(Cl)c2)o1)c1ccccc1.Cl. The van der Waals surface area contributed by atoms with E-state index < -0.39 is 0 Å². The Morgan fingerprint density at radius 1 is 0.958 bits per heavy atom. The summed E-state index contributed by atoms with van der Waals surface area (Å²) < 4.78 is 5.89. The van der Waals surface area contributed by atoms with Crippen molar-refractivity contribution in [3.05, 3.63) is 82.0 Å². The van der Waals surface area contributed by atoms with E-state index in [1.165, 1.54) is 5.56 Å². The van der Waals surface area contributed by atoms with Gasteiger partial charge in [-0.05, 0) is 42.8 Å². The highest BCUT2D eigenvalue weighted by Gasteiger charge is 2.09. The molecule has 126 valence electrons. The van der Waals surface area contributed by atoms with Crippen LogP contribution >= 0.6 is 35.6 Å². The summed E-state index contributed by atoms with van der Waals surface area (Å²) >= 11 is 12.1. The topological polar surface area (TPSA) is 25.2 Å². The molecule has 0 bridgehead atoms. The lowest BCUT2D eigenvalue weighted by molar-refractivity contribution is 0.468. The van der Waals surface area contributed by atoms with Gasteiger partial charge in [0.05, 0.1) is 6.54 Å². The van der Waals surface area contributed by atoms with E-state index in [4.69, 9.17) is 27.6 Å². The van der Waals surface area contributed by atoms with Crippen molar-refractivity contribution in [1.29, 1.82) is 0 Å². The predicted molar refractivity (Wildman–Crippen MR) is 103 cm³/mol. The van der Waals surface area contributed by atoms with Gasteiger partial charge in [0.15, 0.2) is 0 Å². The van der Waals surface area contributed by atoms with Crippen molar-refractivity contribution in [3.63, 3.8) is 0 Å². The molecule has 5 heteroatoms. The van der Waals surface area contributed by atoms with Gasteiger partial charge in [-0.3, -0.25) is 0 Å². The largest absolute Gasteiger partial charge is 0.460 e. The van der Waals surface area contributed by atoms with E-state index in [0.29, 0.717) is 16.6 Å². The molecule has 1 atom stereocenters. The van der Waals surface area contributed by atoms with Gasteiger partial charge in [-0.25, -0.2) is 0 Å². The number of furan rings is 1. The molecule has 0 amide bonds. The molecule has 0 aliphatic rings. The monoisotopic (exact) mass is 381 g/mol. The number of nitrogens with one attached hydrogen (secondary N) is 1. The van der Waals surface area contributed by atoms with Crippen molar-refractivity contribution < 1.29 is 4.42 Å².